The van der Waals surface area contributed by atoms with Gasteiger partial charge in [-0.25, -0.2) is 0 Å². The summed E-state index contributed by atoms with van der Waals surface area (Å²) in [5, 5.41) is 0. The fraction of sp³-hybridized carbons (Fsp3) is 0.692. The summed E-state index contributed by atoms with van der Waals surface area (Å²) in [5.41, 5.74) is 0. The van der Waals surface area contributed by atoms with Crippen molar-refractivity contribution in [2.24, 2.45) is 0 Å². The minimum absolute atomic E-state index is 0. The van der Waals surface area contributed by atoms with Gasteiger partial charge in [-0.05, 0) is 12.6 Å². The Morgan fingerprint density at radius 3 is 2.44 bits per heavy atom. The number of hydrogen-bond donors (Lipinski definition) is 0. The first kappa shape index (κ1) is 15.6. The van der Waals surface area contributed by atoms with Crippen LogP contribution in [0.5, 0.6) is 0 Å². The predicted molar refractivity (Wildman–Crippen MR) is 66.1 cm³/mol. The number of hydrogen-bond acceptors (Lipinski definition) is 2. The monoisotopic (exact) mass is 267 g/mol. The van der Waals surface area contributed by atoms with Crippen LogP contribution in [-0.2, 0) is 16.8 Å². The van der Waals surface area contributed by atoms with E-state index in [9.17, 15) is 0 Å². The van der Waals surface area contributed by atoms with E-state index in [0.717, 1.165) is 6.67 Å². The largest absolute Gasteiger partial charge is 0.358 e. The van der Waals surface area contributed by atoms with Gasteiger partial charge in [-0.15, -0.1) is 0 Å². The van der Waals surface area contributed by atoms with E-state index < -0.39 is 0 Å². The maximum atomic E-state index is 3.76. The van der Waals surface area contributed by atoms with Crippen LogP contribution in [0.15, 0.2) is 25.2 Å². The molecule has 0 aromatic carbocycles. The molecule has 0 amide bonds. The first-order chi connectivity index (χ1) is 7.36. The molecule has 95 valence electrons. The molecule has 0 atom stereocenters. The molecule has 0 bridgehead atoms. The Morgan fingerprint density at radius 1 is 1.12 bits per heavy atom. The van der Waals surface area contributed by atoms with Gasteiger partial charge >= 0.3 is 0 Å². The average molecular weight is 267 g/mol. The maximum absolute atomic E-state index is 3.76. The molecule has 0 aliphatic carbocycles. The Labute approximate surface area is 111 Å². The van der Waals surface area contributed by atoms with E-state index in [0.29, 0.717) is 0 Å². The van der Waals surface area contributed by atoms with Crippen molar-refractivity contribution >= 4 is 0 Å². The number of rotatable bonds is 8. The smallest absolute Gasteiger partial charge is 0.0935 e. The first-order valence-corrected chi connectivity index (χ1v) is 6.17. The molecule has 0 fully saturated rings. The van der Waals surface area contributed by atoms with Crippen LogP contribution < -0.4 is 0 Å². The van der Waals surface area contributed by atoms with Gasteiger partial charge in [-0.1, -0.05) is 45.6 Å². The van der Waals surface area contributed by atoms with Crippen LogP contribution in [0, 0.1) is 0 Å². The zero-order chi connectivity index (χ0) is 10.9. The third-order valence-corrected chi connectivity index (χ3v) is 2.85. The van der Waals surface area contributed by atoms with Gasteiger partial charge in [0.2, 0.25) is 0 Å². The van der Waals surface area contributed by atoms with E-state index in [2.05, 4.69) is 35.7 Å². The van der Waals surface area contributed by atoms with Crippen molar-refractivity contribution in [1.82, 2.24) is 9.80 Å². The molecule has 3 heteroatoms. The van der Waals surface area contributed by atoms with Crippen molar-refractivity contribution in [2.75, 3.05) is 13.2 Å². The van der Waals surface area contributed by atoms with Gasteiger partial charge in [0.25, 0.3) is 0 Å². The van der Waals surface area contributed by atoms with Gasteiger partial charge < -0.3 is 9.80 Å². The molecule has 16 heavy (non-hydrogen) atoms. The fourth-order valence-electron chi connectivity index (χ4n) is 1.84. The molecule has 0 aromatic heterocycles. The molecule has 1 aliphatic rings. The van der Waals surface area contributed by atoms with E-state index in [1.54, 1.807) is 0 Å². The normalized spacial score (nSPS) is 14.1. The van der Waals surface area contributed by atoms with Crippen LogP contribution in [0.4, 0.5) is 0 Å². The summed E-state index contributed by atoms with van der Waals surface area (Å²) in [6.45, 7) is 8.19. The van der Waals surface area contributed by atoms with E-state index in [1.165, 1.54) is 45.1 Å². The second-order valence-electron chi connectivity index (χ2n) is 4.22. The molecule has 0 unspecified atom stereocenters. The van der Waals surface area contributed by atoms with Crippen LogP contribution in [0.2, 0.25) is 0 Å². The Balaban J connectivity index is 0.00000225. The van der Waals surface area contributed by atoms with E-state index in [-0.39, 0.29) is 16.8 Å². The molecule has 0 N–H and O–H groups in total. The number of nitrogens with zero attached hydrogens (tertiary/aromatic N) is 2. The Bertz CT molecular complexity index is 204. The SMILES string of the molecule is C=CN1C=CN(CCCCCCCC)C1.[Co]. The van der Waals surface area contributed by atoms with Crippen LogP contribution in [-0.4, -0.2) is 23.0 Å². The van der Waals surface area contributed by atoms with Crippen molar-refractivity contribution in [1.29, 1.82) is 0 Å². The number of unbranched alkanes of at least 4 members (excludes halogenated alkanes) is 5. The molecule has 1 heterocycles. The molecule has 1 aliphatic heterocycles. The molecular weight excluding hydrogens is 243 g/mol. The summed E-state index contributed by atoms with van der Waals surface area (Å²) in [6, 6.07) is 0. The van der Waals surface area contributed by atoms with Crippen molar-refractivity contribution < 1.29 is 16.8 Å². The summed E-state index contributed by atoms with van der Waals surface area (Å²) >= 11 is 0. The van der Waals surface area contributed by atoms with E-state index in [4.69, 9.17) is 0 Å². The van der Waals surface area contributed by atoms with Gasteiger partial charge in [0.05, 0.1) is 6.67 Å². The quantitative estimate of drug-likeness (QED) is 0.621. The Kier molecular flexibility index (Phi) is 9.53. The van der Waals surface area contributed by atoms with Crippen molar-refractivity contribution in [3.8, 4) is 0 Å². The molecule has 0 saturated carbocycles. The Morgan fingerprint density at radius 2 is 1.81 bits per heavy atom. The second kappa shape index (κ2) is 9.79. The van der Waals surface area contributed by atoms with Crippen molar-refractivity contribution in [2.45, 2.75) is 45.4 Å². The third kappa shape index (κ3) is 6.23. The minimum atomic E-state index is 0. The van der Waals surface area contributed by atoms with E-state index in [1.807, 2.05) is 6.20 Å². The second-order valence-corrected chi connectivity index (χ2v) is 4.22. The standard InChI is InChI=1S/C13H24N2.Co/c1-3-5-6-7-8-9-10-15-12-11-14(4-2)13-15;/h4,11-12H,2-3,5-10,13H2,1H3;. The molecule has 0 saturated heterocycles. The summed E-state index contributed by atoms with van der Waals surface area (Å²) in [5.74, 6) is 0. The molecule has 1 radical (unpaired) electrons. The van der Waals surface area contributed by atoms with Crippen LogP contribution in [0.25, 0.3) is 0 Å². The molecule has 0 aromatic rings. The van der Waals surface area contributed by atoms with Crippen molar-refractivity contribution in [3.05, 3.63) is 25.2 Å². The van der Waals surface area contributed by atoms with Crippen LogP contribution in [0.3, 0.4) is 0 Å². The van der Waals surface area contributed by atoms with Crippen molar-refractivity contribution in [3.63, 3.8) is 0 Å². The zero-order valence-corrected chi connectivity index (χ0v) is 11.4. The van der Waals surface area contributed by atoms with Gasteiger partial charge in [0.15, 0.2) is 0 Å². The maximum Gasteiger partial charge on any atom is 0.0935 e. The zero-order valence-electron chi connectivity index (χ0n) is 10.3. The average Bonchev–Trinajstić information content (AvgIpc) is 2.71. The van der Waals surface area contributed by atoms with Gasteiger partial charge in [0.1, 0.15) is 0 Å². The first-order valence-electron chi connectivity index (χ1n) is 6.17. The van der Waals surface area contributed by atoms with Gasteiger partial charge in [0, 0.05) is 35.7 Å². The Hall–Kier alpha value is -0.414. The summed E-state index contributed by atoms with van der Waals surface area (Å²) in [6.07, 6.45) is 14.4. The predicted octanol–water partition coefficient (Wildman–Crippen LogP) is 3.53. The van der Waals surface area contributed by atoms with Crippen LogP contribution in [0.1, 0.15) is 45.4 Å². The van der Waals surface area contributed by atoms with Gasteiger partial charge in [-0.2, -0.15) is 0 Å². The van der Waals surface area contributed by atoms with Crippen LogP contribution >= 0.6 is 0 Å². The molecule has 0 spiro atoms. The van der Waals surface area contributed by atoms with E-state index >= 15 is 0 Å². The minimum Gasteiger partial charge on any atom is -0.358 e. The topological polar surface area (TPSA) is 6.48 Å². The summed E-state index contributed by atoms with van der Waals surface area (Å²) < 4.78 is 0. The third-order valence-electron chi connectivity index (χ3n) is 2.85. The summed E-state index contributed by atoms with van der Waals surface area (Å²) in [7, 11) is 0. The summed E-state index contributed by atoms with van der Waals surface area (Å²) in [4.78, 5) is 4.46. The molecular formula is C13H24CoN2. The molecule has 1 rings (SSSR count). The molecule has 2 nitrogen and oxygen atoms in total. The van der Waals surface area contributed by atoms with Gasteiger partial charge in [-0.3, -0.25) is 0 Å². The fourth-order valence-corrected chi connectivity index (χ4v) is 1.84.